The van der Waals surface area contributed by atoms with Gasteiger partial charge in [-0.25, -0.2) is 0 Å². The maximum Gasteiger partial charge on any atom is 0.416 e. The molecule has 0 amide bonds. The Morgan fingerprint density at radius 3 is 1.82 bits per heavy atom. The minimum atomic E-state index is -4.92. The average molecular weight is 481 g/mol. The number of halogens is 6. The summed E-state index contributed by atoms with van der Waals surface area (Å²) in [7, 11) is 0. The molecule has 0 aromatic heterocycles. The Bertz CT molecular complexity index is 1050. The van der Waals surface area contributed by atoms with Crippen LogP contribution in [0.5, 0.6) is 0 Å². The molecule has 1 aliphatic heterocycles. The van der Waals surface area contributed by atoms with Gasteiger partial charge in [0.1, 0.15) is 0 Å². The minimum Gasteiger partial charge on any atom is -0.349 e. The van der Waals surface area contributed by atoms with Crippen LogP contribution in [-0.4, -0.2) is 12.9 Å². The molecule has 3 atom stereocenters. The van der Waals surface area contributed by atoms with Crippen LogP contribution in [-0.2, 0) is 28.4 Å². The highest BCUT2D eigenvalue weighted by molar-refractivity contribution is 5.33. The molecule has 3 aromatic carbocycles. The maximum absolute atomic E-state index is 13.2. The molecule has 3 nitrogen and oxygen atoms in total. The van der Waals surface area contributed by atoms with Gasteiger partial charge in [0.05, 0.1) is 36.4 Å². The van der Waals surface area contributed by atoms with Crippen molar-refractivity contribution in [3.8, 4) is 0 Å². The number of hydrogen-bond acceptors (Lipinski definition) is 3. The third kappa shape index (κ3) is 5.78. The number of hydrogen-bond donors (Lipinski definition) is 1. The summed E-state index contributed by atoms with van der Waals surface area (Å²) in [5.41, 5.74) is -1.22. The number of morpholine rings is 1. The Balaban J connectivity index is 1.57. The third-order valence-electron chi connectivity index (χ3n) is 5.50. The molecule has 1 heterocycles. The SMILES string of the molecule is FC(F)(F)c1cc(COC2OCC(c3ccccc3)NC2c2ccccc2)cc(C(F)(F)F)c1. The highest BCUT2D eigenvalue weighted by Crippen LogP contribution is 2.37. The summed E-state index contributed by atoms with van der Waals surface area (Å²) in [5.74, 6) is 0. The predicted octanol–water partition coefficient (Wildman–Crippen LogP) is 6.67. The fraction of sp³-hybridized carbons (Fsp3) is 0.280. The van der Waals surface area contributed by atoms with Crippen LogP contribution in [0.25, 0.3) is 0 Å². The van der Waals surface area contributed by atoms with E-state index in [1.165, 1.54) is 0 Å². The van der Waals surface area contributed by atoms with E-state index in [1.54, 1.807) is 0 Å². The van der Waals surface area contributed by atoms with E-state index < -0.39 is 42.4 Å². The van der Waals surface area contributed by atoms with Crippen LogP contribution in [0.3, 0.4) is 0 Å². The van der Waals surface area contributed by atoms with Crippen LogP contribution < -0.4 is 5.32 Å². The molecule has 1 aliphatic rings. The molecular weight excluding hydrogens is 460 g/mol. The first kappa shape index (κ1) is 24.3. The molecule has 1 fully saturated rings. The zero-order valence-electron chi connectivity index (χ0n) is 17.7. The lowest BCUT2D eigenvalue weighted by atomic mass is 10.00. The van der Waals surface area contributed by atoms with Gasteiger partial charge in [0.25, 0.3) is 0 Å². The van der Waals surface area contributed by atoms with E-state index in [1.807, 2.05) is 60.7 Å². The number of benzene rings is 3. The Kier molecular flexibility index (Phi) is 6.97. The van der Waals surface area contributed by atoms with Gasteiger partial charge in [-0.15, -0.1) is 0 Å². The average Bonchev–Trinajstić information content (AvgIpc) is 2.82. The topological polar surface area (TPSA) is 30.5 Å². The molecule has 34 heavy (non-hydrogen) atoms. The highest BCUT2D eigenvalue weighted by Gasteiger charge is 2.37. The molecule has 0 bridgehead atoms. The van der Waals surface area contributed by atoms with Crippen LogP contribution in [0.2, 0.25) is 0 Å². The Hall–Kier alpha value is -2.88. The van der Waals surface area contributed by atoms with Gasteiger partial charge in [0, 0.05) is 0 Å². The van der Waals surface area contributed by atoms with Gasteiger partial charge in [-0.1, -0.05) is 60.7 Å². The van der Waals surface area contributed by atoms with E-state index >= 15 is 0 Å². The second-order valence-corrected chi connectivity index (χ2v) is 7.95. The monoisotopic (exact) mass is 481 g/mol. The summed E-state index contributed by atoms with van der Waals surface area (Å²) in [6, 6.07) is 19.5. The first-order valence-corrected chi connectivity index (χ1v) is 10.5. The van der Waals surface area contributed by atoms with Crippen LogP contribution >= 0.6 is 0 Å². The second-order valence-electron chi connectivity index (χ2n) is 7.95. The Morgan fingerprint density at radius 2 is 1.29 bits per heavy atom. The van der Waals surface area contributed by atoms with Crippen LogP contribution in [0.15, 0.2) is 78.9 Å². The summed E-state index contributed by atoms with van der Waals surface area (Å²) >= 11 is 0. The van der Waals surface area contributed by atoms with Gasteiger partial charge in [0.2, 0.25) is 0 Å². The largest absolute Gasteiger partial charge is 0.416 e. The molecule has 9 heteroatoms. The third-order valence-corrected chi connectivity index (χ3v) is 5.50. The van der Waals surface area contributed by atoms with Crippen molar-refractivity contribution in [1.29, 1.82) is 0 Å². The van der Waals surface area contributed by atoms with Crippen molar-refractivity contribution in [3.05, 3.63) is 107 Å². The number of alkyl halides is 6. The fourth-order valence-electron chi connectivity index (χ4n) is 3.85. The smallest absolute Gasteiger partial charge is 0.349 e. The highest BCUT2D eigenvalue weighted by atomic mass is 19.4. The molecule has 0 spiro atoms. The number of nitrogens with one attached hydrogen (secondary N) is 1. The quantitative estimate of drug-likeness (QED) is 0.413. The van der Waals surface area contributed by atoms with Gasteiger partial charge >= 0.3 is 12.4 Å². The maximum atomic E-state index is 13.2. The van der Waals surface area contributed by atoms with E-state index in [2.05, 4.69) is 5.32 Å². The first-order chi connectivity index (χ1) is 16.1. The Labute approximate surface area is 192 Å². The van der Waals surface area contributed by atoms with Gasteiger partial charge < -0.3 is 9.47 Å². The van der Waals surface area contributed by atoms with E-state index in [-0.39, 0.29) is 24.3 Å². The van der Waals surface area contributed by atoms with Crippen molar-refractivity contribution in [2.24, 2.45) is 0 Å². The molecule has 0 radical (unpaired) electrons. The standard InChI is InChI=1S/C25H21F6NO2/c26-24(27,28)19-11-16(12-20(13-19)25(29,30)31)14-33-23-22(18-9-5-2-6-10-18)32-21(15-34-23)17-7-3-1-4-8-17/h1-13,21-23,32H,14-15H2. The lowest BCUT2D eigenvalue weighted by Gasteiger charge is -2.38. The van der Waals surface area contributed by atoms with E-state index in [4.69, 9.17) is 9.47 Å². The molecule has 180 valence electrons. The van der Waals surface area contributed by atoms with Gasteiger partial charge in [0.15, 0.2) is 6.29 Å². The summed E-state index contributed by atoms with van der Waals surface area (Å²) in [4.78, 5) is 0. The van der Waals surface area contributed by atoms with Gasteiger partial charge in [-0.2, -0.15) is 26.3 Å². The molecule has 3 aromatic rings. The van der Waals surface area contributed by atoms with E-state index in [0.29, 0.717) is 12.1 Å². The fourth-order valence-corrected chi connectivity index (χ4v) is 3.85. The summed E-state index contributed by atoms with van der Waals surface area (Å²) in [6.07, 6.45) is -10.8. The van der Waals surface area contributed by atoms with Crippen molar-refractivity contribution in [1.82, 2.24) is 5.32 Å². The van der Waals surface area contributed by atoms with Crippen molar-refractivity contribution in [2.75, 3.05) is 6.61 Å². The molecular formula is C25H21F6NO2. The molecule has 0 saturated carbocycles. The van der Waals surface area contributed by atoms with Crippen LogP contribution in [0.4, 0.5) is 26.3 Å². The second kappa shape index (κ2) is 9.77. The summed E-state index contributed by atoms with van der Waals surface area (Å²) in [6.45, 7) is -0.271. The summed E-state index contributed by atoms with van der Waals surface area (Å²) < 4.78 is 90.7. The number of rotatable bonds is 5. The van der Waals surface area contributed by atoms with Gasteiger partial charge in [-0.05, 0) is 34.9 Å². The number of ether oxygens (including phenoxy) is 2. The van der Waals surface area contributed by atoms with E-state index in [0.717, 1.165) is 11.1 Å². The zero-order chi connectivity index (χ0) is 24.3. The lowest BCUT2D eigenvalue weighted by molar-refractivity contribution is -0.194. The van der Waals surface area contributed by atoms with Crippen molar-refractivity contribution in [2.45, 2.75) is 37.3 Å². The molecule has 4 rings (SSSR count). The molecule has 1 N–H and O–H groups in total. The normalized spacial score (nSPS) is 21.4. The zero-order valence-corrected chi connectivity index (χ0v) is 17.7. The van der Waals surface area contributed by atoms with E-state index in [9.17, 15) is 26.3 Å². The minimum absolute atomic E-state index is 0.0966. The lowest BCUT2D eigenvalue weighted by Crippen LogP contribution is -2.45. The molecule has 3 unspecified atom stereocenters. The van der Waals surface area contributed by atoms with Gasteiger partial charge in [-0.3, -0.25) is 5.32 Å². The first-order valence-electron chi connectivity index (χ1n) is 10.5. The predicted molar refractivity (Wildman–Crippen MR) is 112 cm³/mol. The van der Waals surface area contributed by atoms with Crippen molar-refractivity contribution < 1.29 is 35.8 Å². The molecule has 1 saturated heterocycles. The van der Waals surface area contributed by atoms with Crippen molar-refractivity contribution >= 4 is 0 Å². The van der Waals surface area contributed by atoms with Crippen molar-refractivity contribution in [3.63, 3.8) is 0 Å². The summed E-state index contributed by atoms with van der Waals surface area (Å²) in [5, 5.41) is 3.43. The Morgan fingerprint density at radius 1 is 0.765 bits per heavy atom. The molecule has 0 aliphatic carbocycles. The van der Waals surface area contributed by atoms with Crippen LogP contribution in [0, 0.1) is 0 Å². The van der Waals surface area contributed by atoms with Crippen LogP contribution in [0.1, 0.15) is 39.9 Å².